The van der Waals surface area contributed by atoms with Gasteiger partial charge in [0.2, 0.25) is 5.91 Å². The van der Waals surface area contributed by atoms with Crippen LogP contribution in [0, 0.1) is 0 Å². The van der Waals surface area contributed by atoms with Crippen LogP contribution in [0.25, 0.3) is 0 Å². The number of carbonyl (C=O) groups is 1. The Morgan fingerprint density at radius 3 is 2.62 bits per heavy atom. The second kappa shape index (κ2) is 5.19. The van der Waals surface area contributed by atoms with E-state index in [4.69, 9.17) is 4.74 Å². The largest absolute Gasteiger partial charge is 0.379 e. The molecule has 1 aliphatic heterocycles. The number of ether oxygens (including phenoxy) is 1. The van der Waals surface area contributed by atoms with E-state index in [9.17, 15) is 4.79 Å². The molecule has 1 saturated heterocycles. The number of likely N-dealkylation sites (N-methyl/N-ethyl adjacent to an activating group) is 1. The third-order valence-electron chi connectivity index (χ3n) is 2.39. The summed E-state index contributed by atoms with van der Waals surface area (Å²) < 4.78 is 5.23. The molecule has 76 valence electrons. The minimum atomic E-state index is 0.133. The van der Waals surface area contributed by atoms with E-state index in [0.717, 1.165) is 39.4 Å². The van der Waals surface area contributed by atoms with Gasteiger partial charge in [-0.3, -0.25) is 9.69 Å². The predicted octanol–water partition coefficient (Wildman–Crippen LogP) is -0.203. The lowest BCUT2D eigenvalue weighted by atomic mass is 10.4. The van der Waals surface area contributed by atoms with Crippen LogP contribution in [-0.2, 0) is 9.53 Å². The summed E-state index contributed by atoms with van der Waals surface area (Å²) in [5, 5.41) is 0. The first-order valence-corrected chi connectivity index (χ1v) is 4.72. The van der Waals surface area contributed by atoms with Crippen LogP contribution in [0.1, 0.15) is 6.92 Å². The maximum Gasteiger partial charge on any atom is 0.219 e. The molecule has 1 rings (SSSR count). The summed E-state index contributed by atoms with van der Waals surface area (Å²) >= 11 is 0. The van der Waals surface area contributed by atoms with Gasteiger partial charge >= 0.3 is 0 Å². The minimum Gasteiger partial charge on any atom is -0.379 e. The molecule has 0 aromatic rings. The third-order valence-corrected chi connectivity index (χ3v) is 2.39. The fourth-order valence-electron chi connectivity index (χ4n) is 1.27. The molecule has 4 heteroatoms. The second-order valence-corrected chi connectivity index (χ2v) is 3.39. The van der Waals surface area contributed by atoms with Crippen LogP contribution in [0.5, 0.6) is 0 Å². The maximum absolute atomic E-state index is 10.9. The van der Waals surface area contributed by atoms with Gasteiger partial charge in [0.1, 0.15) is 0 Å². The summed E-state index contributed by atoms with van der Waals surface area (Å²) in [6, 6.07) is 0. The quantitative estimate of drug-likeness (QED) is 0.612. The van der Waals surface area contributed by atoms with Crippen molar-refractivity contribution in [2.75, 3.05) is 46.4 Å². The van der Waals surface area contributed by atoms with Crippen molar-refractivity contribution in [2.24, 2.45) is 0 Å². The Morgan fingerprint density at radius 2 is 2.08 bits per heavy atom. The van der Waals surface area contributed by atoms with Crippen molar-refractivity contribution >= 4 is 5.91 Å². The average molecular weight is 186 g/mol. The van der Waals surface area contributed by atoms with Crippen LogP contribution < -0.4 is 0 Å². The van der Waals surface area contributed by atoms with Crippen molar-refractivity contribution in [3.63, 3.8) is 0 Å². The average Bonchev–Trinajstić information content (AvgIpc) is 2.15. The standard InChI is InChI=1S/C9H18N2O2/c1-9(12)10(2)3-4-11-5-7-13-8-6-11/h3-8H2,1-2H3. The molecule has 1 amide bonds. The van der Waals surface area contributed by atoms with Gasteiger partial charge in [-0.2, -0.15) is 0 Å². The fraction of sp³-hybridized carbons (Fsp3) is 0.889. The van der Waals surface area contributed by atoms with Gasteiger partial charge in [-0.25, -0.2) is 0 Å². The highest BCUT2D eigenvalue weighted by Gasteiger charge is 2.11. The topological polar surface area (TPSA) is 32.8 Å². The summed E-state index contributed by atoms with van der Waals surface area (Å²) in [5.41, 5.74) is 0. The number of amides is 1. The Labute approximate surface area is 79.4 Å². The molecule has 1 aliphatic rings. The zero-order valence-electron chi connectivity index (χ0n) is 8.45. The maximum atomic E-state index is 10.9. The van der Waals surface area contributed by atoms with Gasteiger partial charge in [-0.1, -0.05) is 0 Å². The van der Waals surface area contributed by atoms with Crippen LogP contribution in [0.15, 0.2) is 0 Å². The van der Waals surface area contributed by atoms with Crippen molar-refractivity contribution in [2.45, 2.75) is 6.92 Å². The van der Waals surface area contributed by atoms with E-state index in [0.29, 0.717) is 0 Å². The van der Waals surface area contributed by atoms with Crippen LogP contribution in [0.3, 0.4) is 0 Å². The van der Waals surface area contributed by atoms with Crippen molar-refractivity contribution in [3.05, 3.63) is 0 Å². The van der Waals surface area contributed by atoms with E-state index in [1.54, 1.807) is 11.8 Å². The summed E-state index contributed by atoms with van der Waals surface area (Å²) in [6.45, 7) is 7.00. The Bertz CT molecular complexity index is 167. The van der Waals surface area contributed by atoms with Crippen LogP contribution in [0.4, 0.5) is 0 Å². The molecule has 0 aliphatic carbocycles. The van der Waals surface area contributed by atoms with Gasteiger partial charge < -0.3 is 9.64 Å². The van der Waals surface area contributed by atoms with E-state index < -0.39 is 0 Å². The fourth-order valence-corrected chi connectivity index (χ4v) is 1.27. The summed E-state index contributed by atoms with van der Waals surface area (Å²) in [5.74, 6) is 0.133. The van der Waals surface area contributed by atoms with Gasteiger partial charge in [0.05, 0.1) is 13.2 Å². The lowest BCUT2D eigenvalue weighted by Gasteiger charge is -2.28. The van der Waals surface area contributed by atoms with Gasteiger partial charge in [-0.05, 0) is 0 Å². The molecule has 0 aromatic heterocycles. The number of rotatable bonds is 3. The number of morpholine rings is 1. The lowest BCUT2D eigenvalue weighted by Crippen LogP contribution is -2.41. The predicted molar refractivity (Wildman–Crippen MR) is 50.6 cm³/mol. The zero-order chi connectivity index (χ0) is 9.68. The molecule has 1 heterocycles. The monoisotopic (exact) mass is 186 g/mol. The Hall–Kier alpha value is -0.610. The van der Waals surface area contributed by atoms with E-state index in [1.807, 2.05) is 7.05 Å². The Kier molecular flexibility index (Phi) is 4.18. The molecule has 0 bridgehead atoms. The van der Waals surface area contributed by atoms with E-state index in [-0.39, 0.29) is 5.91 Å². The molecule has 4 nitrogen and oxygen atoms in total. The van der Waals surface area contributed by atoms with Crippen molar-refractivity contribution in [1.29, 1.82) is 0 Å². The molecular formula is C9H18N2O2. The van der Waals surface area contributed by atoms with Crippen LogP contribution in [0.2, 0.25) is 0 Å². The molecule has 0 saturated carbocycles. The number of hydrogen-bond acceptors (Lipinski definition) is 3. The Balaban J connectivity index is 2.13. The molecule has 0 N–H and O–H groups in total. The van der Waals surface area contributed by atoms with Gasteiger partial charge in [0.25, 0.3) is 0 Å². The molecule has 1 fully saturated rings. The van der Waals surface area contributed by atoms with Crippen LogP contribution in [-0.4, -0.2) is 62.1 Å². The molecule has 13 heavy (non-hydrogen) atoms. The first kappa shape index (κ1) is 10.5. The van der Waals surface area contributed by atoms with Gasteiger partial charge in [0.15, 0.2) is 0 Å². The highest BCUT2D eigenvalue weighted by atomic mass is 16.5. The molecule has 0 spiro atoms. The number of nitrogens with zero attached hydrogens (tertiary/aromatic N) is 2. The van der Waals surface area contributed by atoms with Gasteiger partial charge in [-0.15, -0.1) is 0 Å². The number of hydrogen-bond donors (Lipinski definition) is 0. The van der Waals surface area contributed by atoms with E-state index in [2.05, 4.69) is 4.90 Å². The van der Waals surface area contributed by atoms with Crippen molar-refractivity contribution in [1.82, 2.24) is 9.80 Å². The smallest absolute Gasteiger partial charge is 0.219 e. The first-order chi connectivity index (χ1) is 6.20. The molecule has 0 aromatic carbocycles. The third kappa shape index (κ3) is 3.74. The molecule has 0 radical (unpaired) electrons. The van der Waals surface area contributed by atoms with Crippen molar-refractivity contribution < 1.29 is 9.53 Å². The Morgan fingerprint density at radius 1 is 1.46 bits per heavy atom. The minimum absolute atomic E-state index is 0.133. The van der Waals surface area contributed by atoms with E-state index >= 15 is 0 Å². The highest BCUT2D eigenvalue weighted by molar-refractivity contribution is 5.72. The first-order valence-electron chi connectivity index (χ1n) is 4.72. The number of carbonyl (C=O) groups excluding carboxylic acids is 1. The normalized spacial score (nSPS) is 18.6. The molecule has 0 unspecified atom stereocenters. The summed E-state index contributed by atoms with van der Waals surface area (Å²) in [6.07, 6.45) is 0. The van der Waals surface area contributed by atoms with Crippen molar-refractivity contribution in [3.8, 4) is 0 Å². The molecular weight excluding hydrogens is 168 g/mol. The summed E-state index contributed by atoms with van der Waals surface area (Å²) in [4.78, 5) is 15.0. The second-order valence-electron chi connectivity index (χ2n) is 3.39. The highest BCUT2D eigenvalue weighted by Crippen LogP contribution is 1.96. The lowest BCUT2D eigenvalue weighted by molar-refractivity contribution is -0.127. The van der Waals surface area contributed by atoms with Crippen LogP contribution >= 0.6 is 0 Å². The zero-order valence-corrected chi connectivity index (χ0v) is 8.45. The van der Waals surface area contributed by atoms with E-state index in [1.165, 1.54) is 0 Å². The summed E-state index contributed by atoms with van der Waals surface area (Å²) in [7, 11) is 1.84. The van der Waals surface area contributed by atoms with Gasteiger partial charge in [0, 0.05) is 40.2 Å². The molecule has 0 atom stereocenters. The SMILES string of the molecule is CC(=O)N(C)CCN1CCOCC1.